The Balaban J connectivity index is 2.43. The van der Waals surface area contributed by atoms with Crippen LogP contribution in [0.1, 0.15) is 51.9 Å². The Morgan fingerprint density at radius 1 is 1.19 bits per heavy atom. The van der Waals surface area contributed by atoms with Crippen LogP contribution in [-0.2, 0) is 14.4 Å². The molecule has 0 aromatic heterocycles. The fourth-order valence-corrected chi connectivity index (χ4v) is 3.17. The van der Waals surface area contributed by atoms with Crippen molar-refractivity contribution in [1.29, 1.82) is 0 Å². The van der Waals surface area contributed by atoms with E-state index in [1.165, 1.54) is 6.92 Å². The lowest BCUT2D eigenvalue weighted by atomic mass is 9.84. The molecule has 6 nitrogen and oxygen atoms in total. The number of ketones is 1. The summed E-state index contributed by atoms with van der Waals surface area (Å²) in [7, 11) is 0. The zero-order valence-corrected chi connectivity index (χ0v) is 12.3. The Labute approximate surface area is 124 Å². The van der Waals surface area contributed by atoms with Crippen LogP contribution in [0.5, 0.6) is 0 Å². The quantitative estimate of drug-likeness (QED) is 0.559. The molecule has 2 unspecified atom stereocenters. The Bertz CT molecular complexity index is 390. The predicted molar refractivity (Wildman–Crippen MR) is 74.7 cm³/mol. The van der Waals surface area contributed by atoms with Crippen molar-refractivity contribution in [3.05, 3.63) is 0 Å². The van der Waals surface area contributed by atoms with E-state index >= 15 is 0 Å². The van der Waals surface area contributed by atoms with Crippen molar-refractivity contribution in [2.45, 2.75) is 58.0 Å². The molecule has 0 radical (unpaired) electrons. The fourth-order valence-electron chi connectivity index (χ4n) is 3.17. The summed E-state index contributed by atoms with van der Waals surface area (Å²) in [6.07, 6.45) is 2.87. The minimum Gasteiger partial charge on any atom is -0.481 e. The molecule has 1 aliphatic carbocycles. The first-order valence-electron chi connectivity index (χ1n) is 7.50. The monoisotopic (exact) mass is 300 g/mol. The van der Waals surface area contributed by atoms with Gasteiger partial charge < -0.3 is 15.3 Å². The van der Waals surface area contributed by atoms with E-state index in [0.29, 0.717) is 19.3 Å². The second-order valence-corrected chi connectivity index (χ2v) is 5.89. The Morgan fingerprint density at radius 2 is 1.81 bits per heavy atom. The molecule has 0 bridgehead atoms. The number of unbranched alkanes of at least 4 members (excludes halogenated alkanes) is 3. The van der Waals surface area contributed by atoms with Gasteiger partial charge in [-0.3, -0.25) is 14.4 Å². The van der Waals surface area contributed by atoms with E-state index in [4.69, 9.17) is 5.11 Å². The SMILES string of the molecule is CC(O)[C@@H]1CC(=O)C(CCCCCCC(=O)O)[C@H]1C(=O)O. The summed E-state index contributed by atoms with van der Waals surface area (Å²) in [6.45, 7) is 1.53. The van der Waals surface area contributed by atoms with Crippen LogP contribution in [0, 0.1) is 17.8 Å². The Kier molecular flexibility index (Phi) is 6.81. The first-order chi connectivity index (χ1) is 9.84. The zero-order valence-electron chi connectivity index (χ0n) is 12.3. The van der Waals surface area contributed by atoms with Crippen LogP contribution >= 0.6 is 0 Å². The summed E-state index contributed by atoms with van der Waals surface area (Å²) in [5.41, 5.74) is 0. The average Bonchev–Trinajstić information content (AvgIpc) is 2.71. The molecule has 1 fully saturated rings. The lowest BCUT2D eigenvalue weighted by Crippen LogP contribution is -2.31. The van der Waals surface area contributed by atoms with E-state index in [1.807, 2.05) is 0 Å². The maximum atomic E-state index is 12.0. The van der Waals surface area contributed by atoms with Gasteiger partial charge in [0.1, 0.15) is 5.78 Å². The summed E-state index contributed by atoms with van der Waals surface area (Å²) in [6, 6.07) is 0. The van der Waals surface area contributed by atoms with Crippen LogP contribution in [-0.4, -0.2) is 39.1 Å². The van der Waals surface area contributed by atoms with Crippen molar-refractivity contribution in [1.82, 2.24) is 0 Å². The van der Waals surface area contributed by atoms with Crippen LogP contribution in [0.3, 0.4) is 0 Å². The maximum Gasteiger partial charge on any atom is 0.307 e. The molecule has 0 saturated heterocycles. The molecule has 0 aromatic rings. The minimum absolute atomic E-state index is 0.0705. The summed E-state index contributed by atoms with van der Waals surface area (Å²) < 4.78 is 0. The highest BCUT2D eigenvalue weighted by molar-refractivity contribution is 5.90. The summed E-state index contributed by atoms with van der Waals surface area (Å²) in [4.78, 5) is 33.7. The number of carbonyl (C=O) groups is 3. The van der Waals surface area contributed by atoms with Crippen LogP contribution in [0.25, 0.3) is 0 Å². The van der Waals surface area contributed by atoms with E-state index in [0.717, 1.165) is 12.8 Å². The van der Waals surface area contributed by atoms with Gasteiger partial charge in [0.15, 0.2) is 0 Å². The largest absolute Gasteiger partial charge is 0.481 e. The molecule has 0 heterocycles. The van der Waals surface area contributed by atoms with Gasteiger partial charge in [0.05, 0.1) is 12.0 Å². The highest BCUT2D eigenvalue weighted by Crippen LogP contribution is 2.39. The lowest BCUT2D eigenvalue weighted by molar-refractivity contribution is -0.147. The molecular formula is C15H24O6. The number of carbonyl (C=O) groups excluding carboxylic acids is 1. The molecule has 0 amide bonds. The molecule has 0 aliphatic heterocycles. The highest BCUT2D eigenvalue weighted by Gasteiger charge is 2.47. The molecule has 1 rings (SSSR count). The molecule has 0 spiro atoms. The van der Waals surface area contributed by atoms with Crippen molar-refractivity contribution in [2.24, 2.45) is 17.8 Å². The number of carboxylic acids is 2. The van der Waals surface area contributed by atoms with Gasteiger partial charge in [0.2, 0.25) is 0 Å². The number of aliphatic hydroxyl groups is 1. The molecule has 21 heavy (non-hydrogen) atoms. The van der Waals surface area contributed by atoms with Gasteiger partial charge in [0.25, 0.3) is 0 Å². The number of aliphatic hydroxyl groups excluding tert-OH is 1. The van der Waals surface area contributed by atoms with E-state index in [2.05, 4.69) is 0 Å². The highest BCUT2D eigenvalue weighted by atomic mass is 16.4. The normalized spacial score (nSPS) is 26.8. The summed E-state index contributed by atoms with van der Waals surface area (Å²) >= 11 is 0. The van der Waals surface area contributed by atoms with Crippen molar-refractivity contribution < 1.29 is 29.7 Å². The van der Waals surface area contributed by atoms with Crippen molar-refractivity contribution in [3.8, 4) is 0 Å². The van der Waals surface area contributed by atoms with E-state index < -0.39 is 35.8 Å². The molecule has 3 N–H and O–H groups in total. The molecule has 1 saturated carbocycles. The van der Waals surface area contributed by atoms with Crippen LogP contribution in [0.2, 0.25) is 0 Å². The van der Waals surface area contributed by atoms with E-state index in [9.17, 15) is 24.6 Å². The molecule has 4 atom stereocenters. The summed E-state index contributed by atoms with van der Waals surface area (Å²) in [5, 5.41) is 27.4. The smallest absolute Gasteiger partial charge is 0.307 e. The van der Waals surface area contributed by atoms with Gasteiger partial charge in [-0.15, -0.1) is 0 Å². The molecule has 1 aliphatic rings. The van der Waals surface area contributed by atoms with Crippen LogP contribution in [0.4, 0.5) is 0 Å². The second kappa shape index (κ2) is 8.12. The van der Waals surface area contributed by atoms with Gasteiger partial charge in [0, 0.05) is 24.7 Å². The second-order valence-electron chi connectivity index (χ2n) is 5.89. The van der Waals surface area contributed by atoms with Gasteiger partial charge in [-0.1, -0.05) is 19.3 Å². The number of hydrogen-bond acceptors (Lipinski definition) is 4. The summed E-state index contributed by atoms with van der Waals surface area (Å²) in [5.74, 6) is -3.70. The fraction of sp³-hybridized carbons (Fsp3) is 0.800. The average molecular weight is 300 g/mol. The minimum atomic E-state index is -1.01. The van der Waals surface area contributed by atoms with E-state index in [1.54, 1.807) is 0 Å². The van der Waals surface area contributed by atoms with Gasteiger partial charge in [-0.25, -0.2) is 0 Å². The molecular weight excluding hydrogens is 276 g/mol. The molecule has 120 valence electrons. The predicted octanol–water partition coefficient (Wildman–Crippen LogP) is 1.70. The third-order valence-corrected chi connectivity index (χ3v) is 4.31. The first kappa shape index (κ1) is 17.6. The topological polar surface area (TPSA) is 112 Å². The number of rotatable bonds is 9. The lowest BCUT2D eigenvalue weighted by Gasteiger charge is -2.21. The van der Waals surface area contributed by atoms with Crippen molar-refractivity contribution in [2.75, 3.05) is 0 Å². The van der Waals surface area contributed by atoms with Gasteiger partial charge in [-0.2, -0.15) is 0 Å². The number of aliphatic carboxylic acids is 2. The first-order valence-corrected chi connectivity index (χ1v) is 7.50. The maximum absolute atomic E-state index is 12.0. The molecule has 0 aromatic carbocycles. The number of hydrogen-bond donors (Lipinski definition) is 3. The molecule has 6 heteroatoms. The Hall–Kier alpha value is -1.43. The van der Waals surface area contributed by atoms with Crippen molar-refractivity contribution in [3.63, 3.8) is 0 Å². The Morgan fingerprint density at radius 3 is 2.33 bits per heavy atom. The van der Waals surface area contributed by atoms with Gasteiger partial charge in [-0.05, 0) is 19.8 Å². The van der Waals surface area contributed by atoms with Crippen LogP contribution in [0.15, 0.2) is 0 Å². The van der Waals surface area contributed by atoms with Crippen LogP contribution < -0.4 is 0 Å². The van der Waals surface area contributed by atoms with Gasteiger partial charge >= 0.3 is 11.9 Å². The number of Topliss-reactive ketones (excluding diaryl/α,β-unsaturated/α-hetero) is 1. The third-order valence-electron chi connectivity index (χ3n) is 4.31. The van der Waals surface area contributed by atoms with Crippen molar-refractivity contribution >= 4 is 17.7 Å². The number of carboxylic acid groups (broad SMARTS) is 2. The van der Waals surface area contributed by atoms with E-state index in [-0.39, 0.29) is 18.6 Å². The zero-order chi connectivity index (χ0) is 16.0. The standard InChI is InChI=1S/C15H24O6/c1-9(16)11-8-12(17)10(14(11)15(20)21)6-4-2-3-5-7-13(18)19/h9-11,14,16H,2-8H2,1H3,(H,18,19)(H,20,21)/t9?,10?,11-,14+/m0/s1. The third kappa shape index (κ3) is 5.12.